The van der Waals surface area contributed by atoms with Crippen molar-refractivity contribution in [2.75, 3.05) is 12.3 Å². The zero-order chi connectivity index (χ0) is 19.0. The van der Waals surface area contributed by atoms with Crippen molar-refractivity contribution < 1.29 is 9.47 Å². The van der Waals surface area contributed by atoms with E-state index in [0.29, 0.717) is 13.2 Å². The van der Waals surface area contributed by atoms with Crippen LogP contribution in [0.2, 0.25) is 0 Å². The number of fused-ring (bicyclic) bond motifs is 1. The molecule has 0 spiro atoms. The number of thiazole rings is 1. The molecule has 0 amide bonds. The first-order valence-electron chi connectivity index (χ1n) is 8.36. The van der Waals surface area contributed by atoms with E-state index in [4.69, 9.17) is 15.2 Å². The highest BCUT2D eigenvalue weighted by atomic mass is 32.2. The number of hydrogen-bond donors (Lipinski definition) is 2. The summed E-state index contributed by atoms with van der Waals surface area (Å²) in [4.78, 5) is 30.7. The fourth-order valence-corrected chi connectivity index (χ4v) is 4.97. The third-order valence-corrected chi connectivity index (χ3v) is 6.33. The highest BCUT2D eigenvalue weighted by molar-refractivity contribution is 8.00. The smallest absolute Gasteiger partial charge is 0.311 e. The van der Waals surface area contributed by atoms with E-state index in [-0.39, 0.29) is 31.9 Å². The molecule has 1 aromatic carbocycles. The highest BCUT2D eigenvalue weighted by Crippen LogP contribution is 2.39. The van der Waals surface area contributed by atoms with Gasteiger partial charge in [-0.05, 0) is 12.5 Å². The molecule has 1 saturated heterocycles. The summed E-state index contributed by atoms with van der Waals surface area (Å²) in [5.41, 5.74) is 6.36. The van der Waals surface area contributed by atoms with E-state index in [1.54, 1.807) is 11.8 Å². The Morgan fingerprint density at radius 1 is 1.33 bits per heavy atom. The maximum absolute atomic E-state index is 12.5. The Morgan fingerprint density at radius 2 is 2.11 bits per heavy atom. The first-order chi connectivity index (χ1) is 13.0. The van der Waals surface area contributed by atoms with E-state index in [1.165, 1.54) is 4.57 Å². The van der Waals surface area contributed by atoms with Gasteiger partial charge in [0.25, 0.3) is 5.56 Å². The molecule has 3 heterocycles. The minimum Gasteiger partial charge on any atom is -0.373 e. The number of aromatic nitrogens is 3. The first-order valence-corrected chi connectivity index (χ1v) is 10.1. The minimum atomic E-state index is -0.532. The molecule has 27 heavy (non-hydrogen) atoms. The average molecular weight is 406 g/mol. The lowest BCUT2D eigenvalue weighted by Gasteiger charge is -2.16. The van der Waals surface area contributed by atoms with Crippen LogP contribution in [-0.4, -0.2) is 31.8 Å². The standard InChI is InChI=1S/C17H18N4O4S2/c1-9-15(21-13-12(27-17(21)23)14(22)20-16(18)19-13)25-11(26-9)8-24-7-10-5-3-2-4-6-10/h2-6,9,11,15H,7-8H2,1H3,(H3,18,19,20,22)/t9-,11-,15?/m0/s1. The van der Waals surface area contributed by atoms with Gasteiger partial charge < -0.3 is 15.2 Å². The maximum atomic E-state index is 12.5. The molecule has 1 aliphatic rings. The van der Waals surface area contributed by atoms with Gasteiger partial charge in [0.15, 0.2) is 11.9 Å². The molecule has 0 saturated carbocycles. The molecule has 10 heteroatoms. The Kier molecular flexibility index (Phi) is 5.04. The SMILES string of the molecule is C[C@@H]1S[C@@H](COCc2ccccc2)OC1n1c(=O)sc2c(=O)[nH]c(N)nc21. The van der Waals surface area contributed by atoms with Crippen LogP contribution in [0.25, 0.3) is 10.3 Å². The van der Waals surface area contributed by atoms with Crippen LogP contribution in [0, 0.1) is 0 Å². The van der Waals surface area contributed by atoms with Crippen LogP contribution in [-0.2, 0) is 16.1 Å². The van der Waals surface area contributed by atoms with Crippen LogP contribution in [0.1, 0.15) is 18.7 Å². The van der Waals surface area contributed by atoms with Gasteiger partial charge >= 0.3 is 4.87 Å². The lowest BCUT2D eigenvalue weighted by Crippen LogP contribution is -2.26. The molecule has 3 atom stereocenters. The monoisotopic (exact) mass is 406 g/mol. The summed E-state index contributed by atoms with van der Waals surface area (Å²) in [7, 11) is 0. The zero-order valence-electron chi connectivity index (χ0n) is 14.5. The number of anilines is 1. The molecule has 3 N–H and O–H groups in total. The van der Waals surface area contributed by atoms with E-state index in [9.17, 15) is 9.59 Å². The quantitative estimate of drug-likeness (QED) is 0.666. The summed E-state index contributed by atoms with van der Waals surface area (Å²) in [6.45, 7) is 2.86. The Hall–Kier alpha value is -2.14. The predicted molar refractivity (Wildman–Crippen MR) is 106 cm³/mol. The molecular weight excluding hydrogens is 388 g/mol. The molecule has 8 nitrogen and oxygen atoms in total. The fraction of sp³-hybridized carbons (Fsp3) is 0.353. The van der Waals surface area contributed by atoms with Gasteiger partial charge in [-0.2, -0.15) is 4.98 Å². The highest BCUT2D eigenvalue weighted by Gasteiger charge is 2.36. The molecule has 1 aliphatic heterocycles. The van der Waals surface area contributed by atoms with Gasteiger partial charge in [-0.1, -0.05) is 41.7 Å². The number of benzene rings is 1. The van der Waals surface area contributed by atoms with Crippen molar-refractivity contribution in [3.63, 3.8) is 0 Å². The number of ether oxygens (including phenoxy) is 2. The van der Waals surface area contributed by atoms with Gasteiger partial charge in [0.1, 0.15) is 10.1 Å². The Labute approximate surface area is 162 Å². The van der Waals surface area contributed by atoms with Crippen LogP contribution < -0.4 is 16.2 Å². The number of H-pyrrole nitrogens is 1. The van der Waals surface area contributed by atoms with Gasteiger partial charge in [0.05, 0.1) is 18.5 Å². The molecule has 4 rings (SSSR count). The molecule has 142 valence electrons. The second-order valence-electron chi connectivity index (χ2n) is 6.14. The molecule has 1 fully saturated rings. The predicted octanol–water partition coefficient (Wildman–Crippen LogP) is 1.92. The van der Waals surface area contributed by atoms with Crippen LogP contribution in [0.5, 0.6) is 0 Å². The van der Waals surface area contributed by atoms with E-state index in [0.717, 1.165) is 16.9 Å². The van der Waals surface area contributed by atoms with Gasteiger partial charge in [-0.25, -0.2) is 0 Å². The molecule has 0 bridgehead atoms. The average Bonchev–Trinajstić information content (AvgIpc) is 3.15. The van der Waals surface area contributed by atoms with Gasteiger partial charge in [-0.15, -0.1) is 11.8 Å². The molecule has 3 aromatic rings. The molecule has 2 aromatic heterocycles. The number of nitrogen functional groups attached to an aromatic ring is 1. The van der Waals surface area contributed by atoms with Crippen LogP contribution in [0.4, 0.5) is 5.95 Å². The lowest BCUT2D eigenvalue weighted by molar-refractivity contribution is -0.0332. The van der Waals surface area contributed by atoms with Gasteiger partial charge in [0.2, 0.25) is 5.95 Å². The van der Waals surface area contributed by atoms with Crippen molar-refractivity contribution in [3.05, 3.63) is 55.9 Å². The second-order valence-corrected chi connectivity index (χ2v) is 8.64. The van der Waals surface area contributed by atoms with Crippen LogP contribution in [0.15, 0.2) is 39.9 Å². The molecule has 1 unspecified atom stereocenters. The van der Waals surface area contributed by atoms with Gasteiger partial charge in [-0.3, -0.25) is 19.1 Å². The largest absolute Gasteiger partial charge is 0.373 e. The Morgan fingerprint density at radius 3 is 2.89 bits per heavy atom. The third-order valence-electron chi connectivity index (χ3n) is 4.17. The third kappa shape index (κ3) is 3.65. The minimum absolute atomic E-state index is 0.00635. The summed E-state index contributed by atoms with van der Waals surface area (Å²) in [5.74, 6) is -0.0277. The zero-order valence-corrected chi connectivity index (χ0v) is 16.1. The number of hydrogen-bond acceptors (Lipinski definition) is 8. The van der Waals surface area contributed by atoms with E-state index >= 15 is 0 Å². The van der Waals surface area contributed by atoms with Crippen LogP contribution in [0.3, 0.4) is 0 Å². The van der Waals surface area contributed by atoms with Crippen LogP contribution >= 0.6 is 23.1 Å². The molecule has 0 aliphatic carbocycles. The van der Waals surface area contributed by atoms with Crippen molar-refractivity contribution in [2.45, 2.75) is 30.4 Å². The van der Waals surface area contributed by atoms with Crippen molar-refractivity contribution in [3.8, 4) is 0 Å². The van der Waals surface area contributed by atoms with E-state index in [2.05, 4.69) is 9.97 Å². The Balaban J connectivity index is 1.50. The maximum Gasteiger partial charge on any atom is 0.311 e. The number of nitrogens with one attached hydrogen (secondary N) is 1. The van der Waals surface area contributed by atoms with Crippen molar-refractivity contribution in [1.82, 2.24) is 14.5 Å². The number of rotatable bonds is 5. The normalized spacial score (nSPS) is 22.5. The van der Waals surface area contributed by atoms with Gasteiger partial charge in [0, 0.05) is 0 Å². The number of nitrogens with two attached hydrogens (primary N) is 1. The van der Waals surface area contributed by atoms with E-state index < -0.39 is 11.8 Å². The first kappa shape index (κ1) is 18.2. The van der Waals surface area contributed by atoms with Crippen molar-refractivity contribution >= 4 is 39.4 Å². The van der Waals surface area contributed by atoms with Crippen molar-refractivity contribution in [1.29, 1.82) is 0 Å². The summed E-state index contributed by atoms with van der Waals surface area (Å²) in [6, 6.07) is 9.89. The topological polar surface area (TPSA) is 112 Å². The molecular formula is C17H18N4O4S2. The summed E-state index contributed by atoms with van der Waals surface area (Å²) >= 11 is 2.43. The number of nitrogens with zero attached hydrogens (tertiary/aromatic N) is 2. The summed E-state index contributed by atoms with van der Waals surface area (Å²) in [5, 5.41) is -0.00635. The summed E-state index contributed by atoms with van der Waals surface area (Å²) < 4.78 is 13.5. The second kappa shape index (κ2) is 7.47. The fourth-order valence-electron chi connectivity index (χ4n) is 2.97. The number of thioether (sulfide) groups is 1. The lowest BCUT2D eigenvalue weighted by atomic mass is 10.2. The molecule has 0 radical (unpaired) electrons. The van der Waals surface area contributed by atoms with E-state index in [1.807, 2.05) is 37.3 Å². The van der Waals surface area contributed by atoms with Crippen molar-refractivity contribution in [2.24, 2.45) is 0 Å². The summed E-state index contributed by atoms with van der Waals surface area (Å²) in [6.07, 6.45) is -0.532. The number of aromatic amines is 1. The Bertz CT molecular complexity index is 1060.